The first-order valence-electron chi connectivity index (χ1n) is 9.67. The first-order chi connectivity index (χ1) is 15.4. The van der Waals surface area contributed by atoms with Crippen LogP contribution in [0.5, 0.6) is 5.75 Å². The van der Waals surface area contributed by atoms with Crippen LogP contribution in [0.4, 0.5) is 11.4 Å². The van der Waals surface area contributed by atoms with Crippen LogP contribution in [0, 0.1) is 10.1 Å². The Bertz CT molecular complexity index is 1220. The molecule has 1 fully saturated rings. The van der Waals surface area contributed by atoms with Crippen molar-refractivity contribution >= 4 is 28.8 Å². The quantitative estimate of drug-likeness (QED) is 0.213. The van der Waals surface area contributed by atoms with Gasteiger partial charge in [-0.1, -0.05) is 30.3 Å². The molecule has 160 valence electrons. The van der Waals surface area contributed by atoms with Crippen molar-refractivity contribution in [1.82, 2.24) is 0 Å². The van der Waals surface area contributed by atoms with Crippen LogP contribution in [0.25, 0.3) is 5.76 Å². The zero-order valence-electron chi connectivity index (χ0n) is 17.0. The topological polar surface area (TPSA) is 110 Å². The minimum absolute atomic E-state index is 0.0992. The molecule has 3 aromatic rings. The fraction of sp³-hybridized carbons (Fsp3) is 0.0833. The molecular formula is C24H18N2O6. The molecule has 1 aliphatic rings. The van der Waals surface area contributed by atoms with Gasteiger partial charge in [0.2, 0.25) is 0 Å². The van der Waals surface area contributed by atoms with Crippen LogP contribution >= 0.6 is 0 Å². The largest absolute Gasteiger partial charge is 0.507 e. The molecule has 0 saturated carbocycles. The monoisotopic (exact) mass is 430 g/mol. The molecule has 1 heterocycles. The van der Waals surface area contributed by atoms with Crippen LogP contribution in [0.3, 0.4) is 0 Å². The van der Waals surface area contributed by atoms with Gasteiger partial charge in [0.25, 0.3) is 17.4 Å². The second kappa shape index (κ2) is 8.35. The van der Waals surface area contributed by atoms with E-state index in [1.165, 1.54) is 36.3 Å². The average molecular weight is 430 g/mol. The molecule has 1 atom stereocenters. The van der Waals surface area contributed by atoms with E-state index < -0.39 is 28.4 Å². The summed E-state index contributed by atoms with van der Waals surface area (Å²) >= 11 is 0. The van der Waals surface area contributed by atoms with Crippen molar-refractivity contribution in [3.8, 4) is 5.75 Å². The van der Waals surface area contributed by atoms with Crippen molar-refractivity contribution in [3.05, 3.63) is 106 Å². The lowest BCUT2D eigenvalue weighted by Crippen LogP contribution is -2.29. The van der Waals surface area contributed by atoms with Gasteiger partial charge in [-0.05, 0) is 42.0 Å². The zero-order valence-corrected chi connectivity index (χ0v) is 17.0. The summed E-state index contributed by atoms with van der Waals surface area (Å²) in [6.45, 7) is 0. The number of nitro groups is 1. The number of ketones is 1. The predicted molar refractivity (Wildman–Crippen MR) is 117 cm³/mol. The van der Waals surface area contributed by atoms with Crippen molar-refractivity contribution in [3.63, 3.8) is 0 Å². The summed E-state index contributed by atoms with van der Waals surface area (Å²) in [6, 6.07) is 19.8. The van der Waals surface area contributed by atoms with Crippen molar-refractivity contribution in [2.75, 3.05) is 12.0 Å². The number of anilines is 1. The molecule has 0 bridgehead atoms. The average Bonchev–Trinajstić information content (AvgIpc) is 3.09. The Morgan fingerprint density at radius 2 is 1.59 bits per heavy atom. The summed E-state index contributed by atoms with van der Waals surface area (Å²) in [6.07, 6.45) is 0. The molecule has 1 amide bonds. The highest BCUT2D eigenvalue weighted by Crippen LogP contribution is 2.42. The number of aliphatic hydroxyl groups is 1. The van der Waals surface area contributed by atoms with Gasteiger partial charge in [-0.25, -0.2) is 0 Å². The maximum atomic E-state index is 13.0. The maximum Gasteiger partial charge on any atom is 0.300 e. The zero-order chi connectivity index (χ0) is 22.8. The molecule has 8 nitrogen and oxygen atoms in total. The molecule has 32 heavy (non-hydrogen) atoms. The third-order valence-electron chi connectivity index (χ3n) is 5.26. The van der Waals surface area contributed by atoms with Crippen LogP contribution in [0.1, 0.15) is 17.2 Å². The van der Waals surface area contributed by atoms with Crippen LogP contribution in [-0.4, -0.2) is 28.8 Å². The predicted octanol–water partition coefficient (Wildman–Crippen LogP) is 4.23. The lowest BCUT2D eigenvalue weighted by molar-refractivity contribution is -0.384. The van der Waals surface area contributed by atoms with Crippen LogP contribution in [0.2, 0.25) is 0 Å². The van der Waals surface area contributed by atoms with Gasteiger partial charge in [0.1, 0.15) is 11.5 Å². The second-order valence-electron chi connectivity index (χ2n) is 7.08. The number of carbonyl (C=O) groups is 2. The number of para-hydroxylation sites is 1. The van der Waals surface area contributed by atoms with Crippen molar-refractivity contribution < 1.29 is 24.4 Å². The number of rotatable bonds is 5. The van der Waals surface area contributed by atoms with E-state index in [9.17, 15) is 24.8 Å². The Morgan fingerprint density at radius 1 is 0.969 bits per heavy atom. The van der Waals surface area contributed by atoms with E-state index >= 15 is 0 Å². The first kappa shape index (κ1) is 20.8. The van der Waals surface area contributed by atoms with Gasteiger partial charge < -0.3 is 9.84 Å². The van der Waals surface area contributed by atoms with Gasteiger partial charge in [0.05, 0.1) is 23.6 Å². The summed E-state index contributed by atoms with van der Waals surface area (Å²) in [5, 5.41) is 22.0. The van der Waals surface area contributed by atoms with E-state index in [0.29, 0.717) is 17.0 Å². The number of hydrogen-bond acceptors (Lipinski definition) is 6. The molecule has 1 aliphatic heterocycles. The van der Waals surface area contributed by atoms with Crippen LogP contribution in [-0.2, 0) is 9.59 Å². The standard InChI is InChI=1S/C24H18N2O6/c1-32-19-13-9-15(10-14-19)21-20(22(27)16-7-11-18(12-8-16)26(30)31)23(28)24(29)25(21)17-5-3-2-4-6-17/h2-14,21,27H,1H3/b22-20-. The molecule has 1 N–H and O–H groups in total. The Labute approximate surface area is 183 Å². The molecule has 0 aliphatic carbocycles. The van der Waals surface area contributed by atoms with E-state index in [0.717, 1.165) is 0 Å². The number of aliphatic hydroxyl groups excluding tert-OH is 1. The number of amides is 1. The molecule has 0 aromatic heterocycles. The molecular weight excluding hydrogens is 412 g/mol. The van der Waals surface area contributed by atoms with E-state index in [2.05, 4.69) is 0 Å². The lowest BCUT2D eigenvalue weighted by atomic mass is 9.95. The summed E-state index contributed by atoms with van der Waals surface area (Å²) in [5.74, 6) is -1.43. The van der Waals surface area contributed by atoms with Gasteiger partial charge in [-0.3, -0.25) is 24.6 Å². The molecule has 1 saturated heterocycles. The Kier molecular flexibility index (Phi) is 5.43. The number of carbonyl (C=O) groups excluding carboxylic acids is 2. The maximum absolute atomic E-state index is 13.0. The number of hydrogen-bond donors (Lipinski definition) is 1. The van der Waals surface area contributed by atoms with E-state index in [-0.39, 0.29) is 16.8 Å². The Hall–Kier alpha value is -4.46. The lowest BCUT2D eigenvalue weighted by Gasteiger charge is -2.25. The highest BCUT2D eigenvalue weighted by atomic mass is 16.6. The number of benzene rings is 3. The molecule has 3 aromatic carbocycles. The van der Waals surface area contributed by atoms with Crippen LogP contribution in [0.15, 0.2) is 84.4 Å². The smallest absolute Gasteiger partial charge is 0.300 e. The third kappa shape index (κ3) is 3.58. The number of methoxy groups -OCH3 is 1. The van der Waals surface area contributed by atoms with E-state index in [4.69, 9.17) is 4.74 Å². The number of nitro benzene ring substituents is 1. The van der Waals surface area contributed by atoms with Crippen molar-refractivity contribution in [2.45, 2.75) is 6.04 Å². The van der Waals surface area contributed by atoms with Crippen molar-refractivity contribution in [1.29, 1.82) is 0 Å². The third-order valence-corrected chi connectivity index (χ3v) is 5.26. The summed E-state index contributed by atoms with van der Waals surface area (Å²) < 4.78 is 5.20. The number of nitrogens with zero attached hydrogens (tertiary/aromatic N) is 2. The van der Waals surface area contributed by atoms with E-state index in [1.807, 2.05) is 0 Å². The molecule has 8 heteroatoms. The summed E-state index contributed by atoms with van der Waals surface area (Å²) in [5.41, 5.74) is 1.03. The van der Waals surface area contributed by atoms with Gasteiger partial charge >= 0.3 is 0 Å². The summed E-state index contributed by atoms with van der Waals surface area (Å²) in [7, 11) is 1.53. The van der Waals surface area contributed by atoms with Gasteiger partial charge in [-0.15, -0.1) is 0 Å². The van der Waals surface area contributed by atoms with E-state index in [1.54, 1.807) is 54.6 Å². The highest BCUT2D eigenvalue weighted by Gasteiger charge is 2.46. The molecule has 0 radical (unpaired) electrons. The first-order valence-corrected chi connectivity index (χ1v) is 9.67. The fourth-order valence-corrected chi connectivity index (χ4v) is 3.69. The fourth-order valence-electron chi connectivity index (χ4n) is 3.69. The van der Waals surface area contributed by atoms with Crippen molar-refractivity contribution in [2.24, 2.45) is 0 Å². The van der Waals surface area contributed by atoms with Gasteiger partial charge in [0.15, 0.2) is 0 Å². The molecule has 4 rings (SSSR count). The minimum Gasteiger partial charge on any atom is -0.507 e. The second-order valence-corrected chi connectivity index (χ2v) is 7.08. The minimum atomic E-state index is -0.890. The number of ether oxygens (including phenoxy) is 1. The summed E-state index contributed by atoms with van der Waals surface area (Å²) in [4.78, 5) is 37.8. The number of Topliss-reactive ketones (excluding diaryl/α,β-unsaturated/α-hetero) is 1. The molecule has 1 unspecified atom stereocenters. The Morgan fingerprint density at radius 3 is 2.16 bits per heavy atom. The number of non-ortho nitro benzene ring substituents is 1. The highest BCUT2D eigenvalue weighted by molar-refractivity contribution is 6.51. The van der Waals surface area contributed by atoms with Gasteiger partial charge in [-0.2, -0.15) is 0 Å². The normalized spacial score (nSPS) is 17.4. The van der Waals surface area contributed by atoms with Crippen LogP contribution < -0.4 is 9.64 Å². The molecule has 0 spiro atoms. The Balaban J connectivity index is 1.90. The van der Waals surface area contributed by atoms with Gasteiger partial charge in [0, 0.05) is 23.4 Å². The SMILES string of the molecule is COc1ccc(C2/C(=C(/O)c3ccc([N+](=O)[O-])cc3)C(=O)C(=O)N2c2ccccc2)cc1.